The fourth-order valence-corrected chi connectivity index (χ4v) is 3.29. The topological polar surface area (TPSA) is 67.4 Å². The Kier molecular flexibility index (Phi) is 5.91. The number of ether oxygens (including phenoxy) is 1. The molecule has 0 radical (unpaired) electrons. The number of aryl methyl sites for hydroxylation is 3. The van der Waals surface area contributed by atoms with Gasteiger partial charge in [-0.25, -0.2) is 0 Å². The van der Waals surface area contributed by atoms with E-state index in [1.54, 1.807) is 24.3 Å². The third-order valence-corrected chi connectivity index (χ3v) is 5.02. The van der Waals surface area contributed by atoms with Gasteiger partial charge in [-0.05, 0) is 68.5 Å². The lowest BCUT2D eigenvalue weighted by Crippen LogP contribution is -2.32. The average molecular weight is 366 g/mol. The van der Waals surface area contributed by atoms with Gasteiger partial charge in [0.25, 0.3) is 11.8 Å². The van der Waals surface area contributed by atoms with Crippen LogP contribution in [-0.2, 0) is 4.74 Å². The standard InChI is InChI=1S/C22H26N2O3/c1-14-11-16(3)19(12-15(14)2)22(26)24-20-9-5-4-8-18(20)21(25)23-13-17-7-6-10-27-17/h4-5,8-9,11-12,17H,6-7,10,13H2,1-3H3,(H,23,25)(H,24,26). The quantitative estimate of drug-likeness (QED) is 0.846. The van der Waals surface area contributed by atoms with Crippen LogP contribution < -0.4 is 10.6 Å². The first-order valence-electron chi connectivity index (χ1n) is 9.33. The second-order valence-corrected chi connectivity index (χ2v) is 7.10. The van der Waals surface area contributed by atoms with Crippen LogP contribution in [0.25, 0.3) is 0 Å². The van der Waals surface area contributed by atoms with Gasteiger partial charge in [0, 0.05) is 18.7 Å². The summed E-state index contributed by atoms with van der Waals surface area (Å²) in [6.07, 6.45) is 2.07. The first-order chi connectivity index (χ1) is 13.0. The Hall–Kier alpha value is -2.66. The van der Waals surface area contributed by atoms with Crippen molar-refractivity contribution in [2.45, 2.75) is 39.7 Å². The van der Waals surface area contributed by atoms with Crippen molar-refractivity contribution in [2.75, 3.05) is 18.5 Å². The van der Waals surface area contributed by atoms with Crippen LogP contribution in [0.4, 0.5) is 5.69 Å². The van der Waals surface area contributed by atoms with Crippen LogP contribution in [0.1, 0.15) is 50.2 Å². The number of nitrogens with one attached hydrogen (secondary N) is 2. The molecule has 1 heterocycles. The summed E-state index contributed by atoms with van der Waals surface area (Å²) < 4.78 is 5.54. The second-order valence-electron chi connectivity index (χ2n) is 7.10. The number of carbonyl (C=O) groups excluding carboxylic acids is 2. The normalized spacial score (nSPS) is 16.2. The van der Waals surface area contributed by atoms with Crippen molar-refractivity contribution < 1.29 is 14.3 Å². The van der Waals surface area contributed by atoms with Crippen LogP contribution in [0.2, 0.25) is 0 Å². The first kappa shape index (κ1) is 19.1. The SMILES string of the molecule is Cc1cc(C)c(C(=O)Nc2ccccc2C(=O)NCC2CCCO2)cc1C. The molecule has 5 heteroatoms. The molecule has 2 aromatic rings. The lowest BCUT2D eigenvalue weighted by atomic mass is 10.00. The van der Waals surface area contributed by atoms with Gasteiger partial charge in [-0.2, -0.15) is 0 Å². The highest BCUT2D eigenvalue weighted by molar-refractivity contribution is 6.09. The summed E-state index contributed by atoms with van der Waals surface area (Å²) in [5.41, 5.74) is 4.70. The summed E-state index contributed by atoms with van der Waals surface area (Å²) in [6, 6.07) is 10.9. The molecule has 27 heavy (non-hydrogen) atoms. The summed E-state index contributed by atoms with van der Waals surface area (Å²) in [5.74, 6) is -0.423. The summed E-state index contributed by atoms with van der Waals surface area (Å²) in [5, 5.41) is 5.80. The third kappa shape index (κ3) is 4.55. The molecule has 0 bridgehead atoms. The lowest BCUT2D eigenvalue weighted by Gasteiger charge is -2.15. The van der Waals surface area contributed by atoms with E-state index < -0.39 is 0 Å². The van der Waals surface area contributed by atoms with Crippen LogP contribution in [0, 0.1) is 20.8 Å². The number of hydrogen-bond donors (Lipinski definition) is 2. The van der Waals surface area contributed by atoms with Crippen molar-refractivity contribution in [1.29, 1.82) is 0 Å². The highest BCUT2D eigenvalue weighted by atomic mass is 16.5. The van der Waals surface area contributed by atoms with Crippen molar-refractivity contribution in [1.82, 2.24) is 5.32 Å². The summed E-state index contributed by atoms with van der Waals surface area (Å²) in [4.78, 5) is 25.4. The maximum absolute atomic E-state index is 12.8. The number of benzene rings is 2. The minimum absolute atomic E-state index is 0.0777. The molecule has 0 aromatic heterocycles. The molecule has 5 nitrogen and oxygen atoms in total. The number of amides is 2. The van der Waals surface area contributed by atoms with E-state index >= 15 is 0 Å². The summed E-state index contributed by atoms with van der Waals surface area (Å²) >= 11 is 0. The Labute approximate surface area is 160 Å². The van der Waals surface area contributed by atoms with Gasteiger partial charge < -0.3 is 15.4 Å². The molecule has 1 atom stereocenters. The van der Waals surface area contributed by atoms with E-state index in [2.05, 4.69) is 10.6 Å². The van der Waals surface area contributed by atoms with Crippen molar-refractivity contribution in [3.8, 4) is 0 Å². The van der Waals surface area contributed by atoms with Gasteiger partial charge in [-0.15, -0.1) is 0 Å². The molecule has 1 fully saturated rings. The van der Waals surface area contributed by atoms with Crippen LogP contribution >= 0.6 is 0 Å². The molecular formula is C22H26N2O3. The molecule has 1 aliphatic heterocycles. The average Bonchev–Trinajstić information content (AvgIpc) is 3.16. The molecule has 1 saturated heterocycles. The Bertz CT molecular complexity index is 855. The van der Waals surface area contributed by atoms with Crippen LogP contribution in [0.15, 0.2) is 36.4 Å². The molecule has 1 unspecified atom stereocenters. The van der Waals surface area contributed by atoms with Crippen molar-refractivity contribution in [3.05, 3.63) is 64.2 Å². The third-order valence-electron chi connectivity index (χ3n) is 5.02. The second kappa shape index (κ2) is 8.35. The first-order valence-corrected chi connectivity index (χ1v) is 9.33. The van der Waals surface area contributed by atoms with Crippen molar-refractivity contribution >= 4 is 17.5 Å². The highest BCUT2D eigenvalue weighted by Crippen LogP contribution is 2.20. The zero-order valence-electron chi connectivity index (χ0n) is 16.1. The maximum atomic E-state index is 12.8. The molecule has 3 rings (SSSR count). The van der Waals surface area contributed by atoms with E-state index in [1.165, 1.54) is 0 Å². The molecule has 2 N–H and O–H groups in total. The number of rotatable bonds is 5. The molecule has 2 aromatic carbocycles. The van der Waals surface area contributed by atoms with E-state index in [4.69, 9.17) is 4.74 Å². The molecule has 0 aliphatic carbocycles. The molecule has 142 valence electrons. The van der Waals surface area contributed by atoms with Crippen LogP contribution in [0.5, 0.6) is 0 Å². The van der Waals surface area contributed by atoms with Gasteiger partial charge in [-0.3, -0.25) is 9.59 Å². The largest absolute Gasteiger partial charge is 0.376 e. The van der Waals surface area contributed by atoms with Gasteiger partial charge in [0.1, 0.15) is 0 Å². The fraction of sp³-hybridized carbons (Fsp3) is 0.364. The molecule has 2 amide bonds. The summed E-state index contributed by atoms with van der Waals surface area (Å²) in [6.45, 7) is 7.16. The van der Waals surface area contributed by atoms with E-state index in [1.807, 2.05) is 32.9 Å². The Morgan fingerprint density at radius 1 is 1.00 bits per heavy atom. The van der Waals surface area contributed by atoms with E-state index in [0.717, 1.165) is 36.1 Å². The van der Waals surface area contributed by atoms with E-state index in [0.29, 0.717) is 23.4 Å². The number of hydrogen-bond acceptors (Lipinski definition) is 3. The molecule has 0 saturated carbocycles. The number of anilines is 1. The predicted molar refractivity (Wildman–Crippen MR) is 106 cm³/mol. The van der Waals surface area contributed by atoms with Crippen LogP contribution in [-0.4, -0.2) is 31.1 Å². The molecule has 1 aliphatic rings. The van der Waals surface area contributed by atoms with Gasteiger partial charge in [-0.1, -0.05) is 18.2 Å². The number of para-hydroxylation sites is 1. The smallest absolute Gasteiger partial charge is 0.255 e. The molecular weight excluding hydrogens is 340 g/mol. The van der Waals surface area contributed by atoms with Crippen molar-refractivity contribution in [3.63, 3.8) is 0 Å². The minimum Gasteiger partial charge on any atom is -0.376 e. The Morgan fingerprint density at radius 2 is 1.74 bits per heavy atom. The van der Waals surface area contributed by atoms with E-state index in [-0.39, 0.29) is 17.9 Å². The van der Waals surface area contributed by atoms with Gasteiger partial charge in [0.15, 0.2) is 0 Å². The lowest BCUT2D eigenvalue weighted by molar-refractivity contribution is 0.0858. The van der Waals surface area contributed by atoms with Gasteiger partial charge >= 0.3 is 0 Å². The van der Waals surface area contributed by atoms with Gasteiger partial charge in [0.05, 0.1) is 17.4 Å². The molecule has 0 spiro atoms. The fourth-order valence-electron chi connectivity index (χ4n) is 3.29. The van der Waals surface area contributed by atoms with Crippen molar-refractivity contribution in [2.24, 2.45) is 0 Å². The highest BCUT2D eigenvalue weighted by Gasteiger charge is 2.19. The Morgan fingerprint density at radius 3 is 2.48 bits per heavy atom. The van der Waals surface area contributed by atoms with Crippen LogP contribution in [0.3, 0.4) is 0 Å². The zero-order chi connectivity index (χ0) is 19.4. The maximum Gasteiger partial charge on any atom is 0.255 e. The van der Waals surface area contributed by atoms with Gasteiger partial charge in [0.2, 0.25) is 0 Å². The summed E-state index contributed by atoms with van der Waals surface area (Å²) in [7, 11) is 0. The predicted octanol–water partition coefficient (Wildman–Crippen LogP) is 3.77. The number of carbonyl (C=O) groups is 2. The minimum atomic E-state index is -0.213. The van der Waals surface area contributed by atoms with E-state index in [9.17, 15) is 9.59 Å². The Balaban J connectivity index is 1.74. The zero-order valence-corrected chi connectivity index (χ0v) is 16.1. The monoisotopic (exact) mass is 366 g/mol.